The maximum Gasteiger partial charge on any atom is 0.335 e. The van der Waals surface area contributed by atoms with Crippen molar-refractivity contribution in [1.82, 2.24) is 0 Å². The van der Waals surface area contributed by atoms with E-state index in [-0.39, 0.29) is 11.4 Å². The Hall–Kier alpha value is -2.36. The smallest absolute Gasteiger partial charge is 0.335 e. The van der Waals surface area contributed by atoms with E-state index in [4.69, 9.17) is 5.11 Å². The van der Waals surface area contributed by atoms with Crippen LogP contribution in [0.15, 0.2) is 42.5 Å². The number of hydrogen-bond donors (Lipinski definition) is 1. The predicted molar refractivity (Wildman–Crippen MR) is 76.6 cm³/mol. The van der Waals surface area contributed by atoms with Crippen molar-refractivity contribution >= 4 is 11.7 Å². The van der Waals surface area contributed by atoms with E-state index in [2.05, 4.69) is 0 Å². The van der Waals surface area contributed by atoms with Crippen LogP contribution in [0.25, 0.3) is 0 Å². The number of hydrogen-bond acceptors (Lipinski definition) is 2. The van der Waals surface area contributed by atoms with Crippen LogP contribution in [0.4, 0.5) is 10.1 Å². The van der Waals surface area contributed by atoms with Gasteiger partial charge in [0.2, 0.25) is 0 Å². The largest absolute Gasteiger partial charge is 0.478 e. The van der Waals surface area contributed by atoms with Crippen LogP contribution in [0.2, 0.25) is 0 Å². The Morgan fingerprint density at radius 2 is 2.00 bits per heavy atom. The average molecular weight is 273 g/mol. The van der Waals surface area contributed by atoms with Crippen molar-refractivity contribution in [3.05, 3.63) is 65.0 Å². The molecular formula is C16H16FNO2. The molecule has 0 amide bonds. The van der Waals surface area contributed by atoms with Crippen molar-refractivity contribution in [1.29, 1.82) is 0 Å². The summed E-state index contributed by atoms with van der Waals surface area (Å²) < 4.78 is 13.2. The Balaban J connectivity index is 2.19. The molecule has 0 aromatic heterocycles. The molecular weight excluding hydrogens is 257 g/mol. The molecule has 0 unspecified atom stereocenters. The molecule has 0 radical (unpaired) electrons. The zero-order chi connectivity index (χ0) is 14.7. The molecule has 1 N–H and O–H groups in total. The summed E-state index contributed by atoms with van der Waals surface area (Å²) in [5, 5.41) is 8.94. The van der Waals surface area contributed by atoms with Gasteiger partial charge in [0, 0.05) is 19.3 Å². The van der Waals surface area contributed by atoms with Gasteiger partial charge >= 0.3 is 5.97 Å². The van der Waals surface area contributed by atoms with Gasteiger partial charge in [-0.15, -0.1) is 0 Å². The number of benzene rings is 2. The normalized spacial score (nSPS) is 10.3. The van der Waals surface area contributed by atoms with E-state index in [1.165, 1.54) is 12.1 Å². The second kappa shape index (κ2) is 5.74. The fraction of sp³-hybridized carbons (Fsp3) is 0.188. The second-order valence-electron chi connectivity index (χ2n) is 4.78. The minimum Gasteiger partial charge on any atom is -0.478 e. The quantitative estimate of drug-likeness (QED) is 0.927. The number of carboxylic acids is 1. The van der Waals surface area contributed by atoms with Crippen molar-refractivity contribution in [2.75, 3.05) is 11.9 Å². The summed E-state index contributed by atoms with van der Waals surface area (Å²) in [5.41, 5.74) is 2.99. The number of carboxylic acid groups (broad SMARTS) is 1. The Bertz CT molecular complexity index is 640. The van der Waals surface area contributed by atoms with Gasteiger partial charge in [-0.1, -0.05) is 12.1 Å². The van der Waals surface area contributed by atoms with E-state index >= 15 is 0 Å². The predicted octanol–water partition coefficient (Wildman–Crippen LogP) is 3.47. The monoisotopic (exact) mass is 273 g/mol. The van der Waals surface area contributed by atoms with Crippen LogP contribution in [-0.2, 0) is 6.54 Å². The molecule has 0 spiro atoms. The van der Waals surface area contributed by atoms with Crippen molar-refractivity contribution in [2.24, 2.45) is 0 Å². The first-order valence-electron chi connectivity index (χ1n) is 6.27. The minimum atomic E-state index is -0.932. The first kappa shape index (κ1) is 14.1. The molecule has 0 aliphatic heterocycles. The number of anilines is 1. The summed E-state index contributed by atoms with van der Waals surface area (Å²) in [6.45, 7) is 2.47. The molecule has 20 heavy (non-hydrogen) atoms. The van der Waals surface area contributed by atoms with Crippen LogP contribution >= 0.6 is 0 Å². The topological polar surface area (TPSA) is 40.5 Å². The highest BCUT2D eigenvalue weighted by Gasteiger charge is 2.08. The third-order valence-corrected chi connectivity index (χ3v) is 3.25. The maximum atomic E-state index is 13.2. The lowest BCUT2D eigenvalue weighted by atomic mass is 10.0. The van der Waals surface area contributed by atoms with Crippen LogP contribution in [0.3, 0.4) is 0 Å². The van der Waals surface area contributed by atoms with Gasteiger partial charge in [0.15, 0.2) is 0 Å². The first-order valence-corrected chi connectivity index (χ1v) is 6.27. The van der Waals surface area contributed by atoms with Gasteiger partial charge in [-0.25, -0.2) is 9.18 Å². The van der Waals surface area contributed by atoms with Crippen LogP contribution in [0.1, 0.15) is 21.5 Å². The molecule has 2 aromatic carbocycles. The maximum absolute atomic E-state index is 13.2. The molecule has 0 aliphatic rings. The minimum absolute atomic E-state index is 0.271. The van der Waals surface area contributed by atoms with E-state index in [1.54, 1.807) is 24.3 Å². The molecule has 2 aromatic rings. The standard InChI is InChI=1S/C16H16FNO2/c1-11-8-12(16(19)20)6-7-13(11)10-18(2)15-5-3-4-14(17)9-15/h3-9H,10H2,1-2H3,(H,19,20). The molecule has 0 atom stereocenters. The summed E-state index contributed by atoms with van der Waals surface area (Å²) in [6.07, 6.45) is 0. The Morgan fingerprint density at radius 1 is 1.25 bits per heavy atom. The number of carbonyl (C=O) groups is 1. The highest BCUT2D eigenvalue weighted by molar-refractivity contribution is 5.87. The SMILES string of the molecule is Cc1cc(C(=O)O)ccc1CN(C)c1cccc(F)c1. The summed E-state index contributed by atoms with van der Waals surface area (Å²) in [4.78, 5) is 12.8. The van der Waals surface area contributed by atoms with Crippen LogP contribution in [0.5, 0.6) is 0 Å². The van der Waals surface area contributed by atoms with E-state index in [0.29, 0.717) is 6.54 Å². The van der Waals surface area contributed by atoms with Gasteiger partial charge < -0.3 is 10.0 Å². The van der Waals surface area contributed by atoms with Gasteiger partial charge in [-0.2, -0.15) is 0 Å². The fourth-order valence-corrected chi connectivity index (χ4v) is 2.07. The zero-order valence-corrected chi connectivity index (χ0v) is 11.4. The molecule has 0 fully saturated rings. The third-order valence-electron chi connectivity index (χ3n) is 3.25. The Morgan fingerprint density at radius 3 is 2.60 bits per heavy atom. The highest BCUT2D eigenvalue weighted by Crippen LogP contribution is 2.19. The second-order valence-corrected chi connectivity index (χ2v) is 4.78. The first-order chi connectivity index (χ1) is 9.47. The van der Waals surface area contributed by atoms with Gasteiger partial charge in [0.25, 0.3) is 0 Å². The zero-order valence-electron chi connectivity index (χ0n) is 11.4. The molecule has 4 heteroatoms. The lowest BCUT2D eigenvalue weighted by molar-refractivity contribution is 0.0697. The molecule has 0 heterocycles. The van der Waals surface area contributed by atoms with Crippen LogP contribution < -0.4 is 4.90 Å². The molecule has 0 aliphatic carbocycles. The lowest BCUT2D eigenvalue weighted by Crippen LogP contribution is -2.17. The number of rotatable bonds is 4. The van der Waals surface area contributed by atoms with E-state index in [0.717, 1.165) is 16.8 Å². The van der Waals surface area contributed by atoms with Crippen molar-refractivity contribution in [3.8, 4) is 0 Å². The summed E-state index contributed by atoms with van der Waals surface area (Å²) in [5.74, 6) is -1.20. The summed E-state index contributed by atoms with van der Waals surface area (Å²) in [7, 11) is 1.87. The number of aromatic carboxylic acids is 1. The summed E-state index contributed by atoms with van der Waals surface area (Å²) >= 11 is 0. The molecule has 104 valence electrons. The van der Waals surface area contributed by atoms with Crippen LogP contribution in [0, 0.1) is 12.7 Å². The number of nitrogens with zero attached hydrogens (tertiary/aromatic N) is 1. The van der Waals surface area contributed by atoms with Gasteiger partial charge in [-0.05, 0) is 48.4 Å². The number of halogens is 1. The van der Waals surface area contributed by atoms with Crippen molar-refractivity contribution in [3.63, 3.8) is 0 Å². The molecule has 0 saturated heterocycles. The van der Waals surface area contributed by atoms with Gasteiger partial charge in [0.1, 0.15) is 5.82 Å². The third kappa shape index (κ3) is 3.15. The average Bonchev–Trinajstić information content (AvgIpc) is 2.40. The number of aryl methyl sites for hydroxylation is 1. The van der Waals surface area contributed by atoms with E-state index in [1.807, 2.05) is 24.9 Å². The van der Waals surface area contributed by atoms with Gasteiger partial charge in [-0.3, -0.25) is 0 Å². The Labute approximate surface area is 117 Å². The summed E-state index contributed by atoms with van der Waals surface area (Å²) in [6, 6.07) is 11.4. The molecule has 0 bridgehead atoms. The van der Waals surface area contributed by atoms with Gasteiger partial charge in [0.05, 0.1) is 5.56 Å². The fourth-order valence-electron chi connectivity index (χ4n) is 2.07. The van der Waals surface area contributed by atoms with E-state index < -0.39 is 5.97 Å². The van der Waals surface area contributed by atoms with E-state index in [9.17, 15) is 9.18 Å². The molecule has 0 saturated carbocycles. The van der Waals surface area contributed by atoms with Crippen LogP contribution in [-0.4, -0.2) is 18.1 Å². The Kier molecular flexibility index (Phi) is 4.03. The lowest BCUT2D eigenvalue weighted by Gasteiger charge is -2.20. The van der Waals surface area contributed by atoms with Crippen molar-refractivity contribution < 1.29 is 14.3 Å². The highest BCUT2D eigenvalue weighted by atomic mass is 19.1. The molecule has 2 rings (SSSR count). The molecule has 3 nitrogen and oxygen atoms in total. The van der Waals surface area contributed by atoms with Crippen molar-refractivity contribution in [2.45, 2.75) is 13.5 Å².